The summed E-state index contributed by atoms with van der Waals surface area (Å²) in [6.45, 7) is 3.83. The number of hydrogen-bond acceptors (Lipinski definition) is 5. The summed E-state index contributed by atoms with van der Waals surface area (Å²) in [6, 6.07) is 5.83. The fourth-order valence-corrected chi connectivity index (χ4v) is 2.20. The van der Waals surface area contributed by atoms with E-state index in [4.69, 9.17) is 5.11 Å². The molecular formula is C15H22N2O5. The van der Waals surface area contributed by atoms with Crippen LogP contribution in [0.5, 0.6) is 0 Å². The van der Waals surface area contributed by atoms with Crippen LogP contribution in [0.15, 0.2) is 24.3 Å². The van der Waals surface area contributed by atoms with Crippen molar-refractivity contribution in [2.75, 3.05) is 19.6 Å². The first kappa shape index (κ1) is 18.1. The minimum Gasteiger partial charge on any atom is -0.481 e. The highest BCUT2D eigenvalue weighted by atomic mass is 16.6. The van der Waals surface area contributed by atoms with E-state index in [2.05, 4.69) is 0 Å². The molecule has 0 aliphatic heterocycles. The van der Waals surface area contributed by atoms with Crippen molar-refractivity contribution in [3.8, 4) is 0 Å². The van der Waals surface area contributed by atoms with E-state index in [-0.39, 0.29) is 12.1 Å². The van der Waals surface area contributed by atoms with Crippen molar-refractivity contribution in [3.63, 3.8) is 0 Å². The Morgan fingerprint density at radius 1 is 1.27 bits per heavy atom. The van der Waals surface area contributed by atoms with Crippen molar-refractivity contribution in [2.24, 2.45) is 0 Å². The molecule has 0 aliphatic carbocycles. The number of nitro groups is 1. The predicted molar refractivity (Wildman–Crippen MR) is 81.7 cm³/mol. The number of aliphatic carboxylic acids is 1. The van der Waals surface area contributed by atoms with Gasteiger partial charge in [0.25, 0.3) is 5.69 Å². The van der Waals surface area contributed by atoms with Gasteiger partial charge < -0.3 is 15.1 Å². The average molecular weight is 310 g/mol. The standard InChI is InChI=1S/C15H22N2O5/c1-2-9-16(11-8-15(19)20)10-7-14(18)12-3-5-13(6-4-12)17(21)22/h3-6,14,18H,2,7-11H2,1H3,(H,19,20). The van der Waals surface area contributed by atoms with E-state index in [9.17, 15) is 20.0 Å². The third-order valence-electron chi connectivity index (χ3n) is 3.39. The van der Waals surface area contributed by atoms with Crippen molar-refractivity contribution in [3.05, 3.63) is 39.9 Å². The van der Waals surface area contributed by atoms with E-state index in [1.54, 1.807) is 12.1 Å². The maximum atomic E-state index is 10.6. The fourth-order valence-electron chi connectivity index (χ4n) is 2.20. The van der Waals surface area contributed by atoms with Crippen LogP contribution in [-0.2, 0) is 4.79 Å². The van der Waals surface area contributed by atoms with Gasteiger partial charge in [-0.25, -0.2) is 0 Å². The first-order valence-electron chi connectivity index (χ1n) is 7.30. The van der Waals surface area contributed by atoms with Crippen molar-refractivity contribution in [1.82, 2.24) is 4.90 Å². The Morgan fingerprint density at radius 3 is 2.41 bits per heavy atom. The second kappa shape index (κ2) is 9.11. The van der Waals surface area contributed by atoms with Gasteiger partial charge >= 0.3 is 5.97 Å². The number of hydrogen-bond donors (Lipinski definition) is 2. The summed E-state index contributed by atoms with van der Waals surface area (Å²) < 4.78 is 0. The molecule has 1 atom stereocenters. The van der Waals surface area contributed by atoms with Gasteiger partial charge in [0.15, 0.2) is 0 Å². The average Bonchev–Trinajstić information content (AvgIpc) is 2.49. The lowest BCUT2D eigenvalue weighted by Gasteiger charge is -2.22. The zero-order valence-corrected chi connectivity index (χ0v) is 12.6. The van der Waals surface area contributed by atoms with Crippen molar-refractivity contribution >= 4 is 11.7 Å². The van der Waals surface area contributed by atoms with Gasteiger partial charge in [0.1, 0.15) is 0 Å². The highest BCUT2D eigenvalue weighted by molar-refractivity contribution is 5.66. The highest BCUT2D eigenvalue weighted by Gasteiger charge is 2.13. The summed E-state index contributed by atoms with van der Waals surface area (Å²) in [5.74, 6) is -0.836. The number of rotatable bonds is 10. The number of aliphatic hydroxyl groups excluding tert-OH is 1. The van der Waals surface area contributed by atoms with E-state index in [1.165, 1.54) is 12.1 Å². The molecule has 0 spiro atoms. The molecule has 1 rings (SSSR count). The molecule has 1 aromatic carbocycles. The molecule has 0 saturated heterocycles. The molecule has 7 nitrogen and oxygen atoms in total. The first-order chi connectivity index (χ1) is 10.4. The number of non-ortho nitro benzene ring substituents is 1. The molecule has 0 heterocycles. The summed E-state index contributed by atoms with van der Waals surface area (Å²) in [5, 5.41) is 29.4. The first-order valence-corrected chi connectivity index (χ1v) is 7.30. The number of nitrogens with zero attached hydrogens (tertiary/aromatic N) is 2. The molecule has 1 unspecified atom stereocenters. The predicted octanol–water partition coefficient (Wildman–Crippen LogP) is 2.21. The Kier molecular flexibility index (Phi) is 7.48. The Morgan fingerprint density at radius 2 is 1.91 bits per heavy atom. The van der Waals surface area contributed by atoms with Gasteiger partial charge in [-0.05, 0) is 37.1 Å². The molecule has 0 fully saturated rings. The van der Waals surface area contributed by atoms with E-state index in [0.29, 0.717) is 25.1 Å². The Hall–Kier alpha value is -1.99. The normalized spacial score (nSPS) is 12.3. The number of carboxylic acid groups (broad SMARTS) is 1. The van der Waals surface area contributed by atoms with Crippen LogP contribution in [0.1, 0.15) is 37.9 Å². The van der Waals surface area contributed by atoms with E-state index < -0.39 is 17.0 Å². The smallest absolute Gasteiger partial charge is 0.304 e. The number of benzene rings is 1. The molecule has 122 valence electrons. The van der Waals surface area contributed by atoms with Crippen LogP contribution in [0.2, 0.25) is 0 Å². The molecule has 1 aromatic rings. The van der Waals surface area contributed by atoms with Crippen LogP contribution in [0, 0.1) is 10.1 Å². The molecule has 0 saturated carbocycles. The number of carboxylic acids is 1. The molecule has 0 radical (unpaired) electrons. The summed E-state index contributed by atoms with van der Waals surface area (Å²) in [4.78, 5) is 22.7. The van der Waals surface area contributed by atoms with Gasteiger partial charge in [0.2, 0.25) is 0 Å². The summed E-state index contributed by atoms with van der Waals surface area (Å²) >= 11 is 0. The molecule has 0 amide bonds. The molecule has 0 aromatic heterocycles. The van der Waals surface area contributed by atoms with Crippen LogP contribution in [0.3, 0.4) is 0 Å². The fraction of sp³-hybridized carbons (Fsp3) is 0.533. The van der Waals surface area contributed by atoms with Crippen LogP contribution in [0.25, 0.3) is 0 Å². The summed E-state index contributed by atoms with van der Waals surface area (Å²) in [5.41, 5.74) is 0.616. The van der Waals surface area contributed by atoms with Gasteiger partial charge in [-0.2, -0.15) is 0 Å². The number of carbonyl (C=O) groups is 1. The van der Waals surface area contributed by atoms with Crippen molar-refractivity contribution in [2.45, 2.75) is 32.3 Å². The topological polar surface area (TPSA) is 104 Å². The van der Waals surface area contributed by atoms with Crippen molar-refractivity contribution in [1.29, 1.82) is 0 Å². The van der Waals surface area contributed by atoms with Gasteiger partial charge in [-0.1, -0.05) is 6.92 Å². The van der Waals surface area contributed by atoms with Crippen LogP contribution < -0.4 is 0 Å². The van der Waals surface area contributed by atoms with Crippen LogP contribution in [-0.4, -0.2) is 45.6 Å². The number of nitro benzene ring substituents is 1. The van der Waals surface area contributed by atoms with E-state index >= 15 is 0 Å². The quantitative estimate of drug-likeness (QED) is 0.507. The second-order valence-electron chi connectivity index (χ2n) is 5.14. The van der Waals surface area contributed by atoms with Gasteiger partial charge in [-0.3, -0.25) is 14.9 Å². The lowest BCUT2D eigenvalue weighted by Crippen LogP contribution is -2.29. The highest BCUT2D eigenvalue weighted by Crippen LogP contribution is 2.20. The van der Waals surface area contributed by atoms with Gasteiger partial charge in [0.05, 0.1) is 17.4 Å². The summed E-state index contributed by atoms with van der Waals surface area (Å²) in [6.07, 6.45) is 0.725. The largest absolute Gasteiger partial charge is 0.481 e. The number of aliphatic hydroxyl groups is 1. The molecular weight excluding hydrogens is 288 g/mol. The van der Waals surface area contributed by atoms with Gasteiger partial charge in [0, 0.05) is 25.2 Å². The Bertz CT molecular complexity index is 489. The van der Waals surface area contributed by atoms with Crippen molar-refractivity contribution < 1.29 is 19.9 Å². The van der Waals surface area contributed by atoms with E-state index in [1.807, 2.05) is 11.8 Å². The maximum absolute atomic E-state index is 10.6. The van der Waals surface area contributed by atoms with Gasteiger partial charge in [-0.15, -0.1) is 0 Å². The molecule has 0 bridgehead atoms. The molecule has 7 heteroatoms. The Labute approximate surface area is 129 Å². The van der Waals surface area contributed by atoms with Crippen LogP contribution in [0.4, 0.5) is 5.69 Å². The Balaban J connectivity index is 2.52. The third-order valence-corrected chi connectivity index (χ3v) is 3.39. The zero-order chi connectivity index (χ0) is 16.5. The maximum Gasteiger partial charge on any atom is 0.304 e. The third kappa shape index (κ3) is 6.19. The minimum absolute atomic E-state index is 0.00924. The molecule has 22 heavy (non-hydrogen) atoms. The zero-order valence-electron chi connectivity index (χ0n) is 12.6. The monoisotopic (exact) mass is 310 g/mol. The summed E-state index contributed by atoms with van der Waals surface area (Å²) in [7, 11) is 0. The molecule has 2 N–H and O–H groups in total. The lowest BCUT2D eigenvalue weighted by atomic mass is 10.1. The second-order valence-corrected chi connectivity index (χ2v) is 5.14. The molecule has 0 aliphatic rings. The lowest BCUT2D eigenvalue weighted by molar-refractivity contribution is -0.384. The SMILES string of the molecule is CCCN(CCC(=O)O)CCC(O)c1ccc([N+](=O)[O-])cc1. The van der Waals surface area contributed by atoms with Crippen LogP contribution >= 0.6 is 0 Å². The minimum atomic E-state index is -0.836. The van der Waals surface area contributed by atoms with E-state index in [0.717, 1.165) is 13.0 Å².